The molecule has 0 aliphatic heterocycles. The van der Waals surface area contributed by atoms with E-state index in [0.717, 1.165) is 0 Å². The van der Waals surface area contributed by atoms with Crippen LogP contribution < -0.4 is 0 Å². The first-order valence-electron chi connectivity index (χ1n) is 4.15. The van der Waals surface area contributed by atoms with E-state index in [1.165, 1.54) is 0 Å². The molecule has 122 valence electrons. The highest BCUT2D eigenvalue weighted by Crippen LogP contribution is 2.42. The van der Waals surface area contributed by atoms with Gasteiger partial charge in [-0.25, -0.2) is 9.18 Å². The first-order chi connectivity index (χ1) is 7.83. The minimum atomic E-state index is -5.82. The number of halogens is 8. The van der Waals surface area contributed by atoms with Gasteiger partial charge < -0.3 is 4.74 Å². The van der Waals surface area contributed by atoms with Gasteiger partial charge in [-0.2, -0.15) is 30.7 Å². The number of carbonyl (C=O) groups excluding carboxylic acids is 1. The summed E-state index contributed by atoms with van der Waals surface area (Å²) in [5.74, 6) is -7.85. The zero-order chi connectivity index (χ0) is 14.8. The van der Waals surface area contributed by atoms with Gasteiger partial charge in [0.2, 0.25) is 0 Å². The lowest BCUT2D eigenvalue weighted by Crippen LogP contribution is -2.51. The largest absolute Gasteiger partial charge is 0.469 e. The lowest BCUT2D eigenvalue weighted by Gasteiger charge is -2.28. The first-order valence-corrected chi connectivity index (χ1v) is 4.15. The molecule has 0 spiro atoms. The second kappa shape index (κ2) is 7.44. The minimum absolute atomic E-state index is 0. The zero-order valence-corrected chi connectivity index (χ0v) is 8.41. The molecule has 0 aliphatic carbocycles. The van der Waals surface area contributed by atoms with Crippen LogP contribution in [0.4, 0.5) is 35.1 Å². The van der Waals surface area contributed by atoms with E-state index in [0.29, 0.717) is 0 Å². The predicted molar refractivity (Wildman–Crippen MR) is 55.2 cm³/mol. The van der Waals surface area contributed by atoms with Gasteiger partial charge >= 0.3 is 24.2 Å². The summed E-state index contributed by atoms with van der Waals surface area (Å²) in [5, 5.41) is 0. The fraction of sp³-hybridized carbons (Fsp3) is 0.700. The number of ether oxygens (including phenoxy) is 1. The van der Waals surface area contributed by atoms with Crippen LogP contribution >= 0.6 is 0 Å². The van der Waals surface area contributed by atoms with Crippen molar-refractivity contribution in [3.8, 4) is 0 Å². The molecule has 0 N–H and O–H groups in total. The van der Waals surface area contributed by atoms with Gasteiger partial charge in [0, 0.05) is 6.08 Å². The van der Waals surface area contributed by atoms with E-state index in [-0.39, 0.29) is 20.9 Å². The molecule has 0 aromatic heterocycles. The summed E-state index contributed by atoms with van der Waals surface area (Å²) in [5.41, 5.74) is 0. The molecule has 1 atom stereocenters. The summed E-state index contributed by atoms with van der Waals surface area (Å²) in [6.07, 6.45) is -18.1. The summed E-state index contributed by atoms with van der Waals surface area (Å²) in [6, 6.07) is 0. The highest BCUT2D eigenvalue weighted by molar-refractivity contribution is 5.81. The molecule has 0 amide bonds. The third-order valence-electron chi connectivity index (χ3n) is 1.59. The van der Waals surface area contributed by atoms with Gasteiger partial charge in [0.05, 0.1) is 6.42 Å². The second-order valence-electron chi connectivity index (χ2n) is 3.05. The SMILES string of the molecule is C.C.C=CC(=O)OC(F)(F)C(F)(F)C(F)CC(F)(F)F. The van der Waals surface area contributed by atoms with Gasteiger partial charge in [0.15, 0.2) is 6.17 Å². The fourth-order valence-electron chi connectivity index (χ4n) is 0.750. The molecule has 10 heteroatoms. The van der Waals surface area contributed by atoms with Crippen molar-refractivity contribution in [3.05, 3.63) is 12.7 Å². The maximum absolute atomic E-state index is 12.7. The van der Waals surface area contributed by atoms with Gasteiger partial charge in [-0.1, -0.05) is 21.4 Å². The van der Waals surface area contributed by atoms with Gasteiger partial charge in [-0.3, -0.25) is 0 Å². The Morgan fingerprint density at radius 1 is 1.10 bits per heavy atom. The Morgan fingerprint density at radius 3 is 1.80 bits per heavy atom. The zero-order valence-electron chi connectivity index (χ0n) is 8.41. The molecule has 0 heterocycles. The highest BCUT2D eigenvalue weighted by Gasteiger charge is 2.66. The summed E-state index contributed by atoms with van der Waals surface area (Å²) in [7, 11) is 0. The Bertz CT molecular complexity index is 324. The van der Waals surface area contributed by atoms with Crippen LogP contribution in [0.1, 0.15) is 21.3 Å². The second-order valence-corrected chi connectivity index (χ2v) is 3.05. The van der Waals surface area contributed by atoms with Crippen LogP contribution in [0.15, 0.2) is 12.7 Å². The molecule has 0 bridgehead atoms. The molecule has 0 radical (unpaired) electrons. The van der Waals surface area contributed by atoms with E-state index in [2.05, 4.69) is 11.3 Å². The molecule has 0 aliphatic rings. The lowest BCUT2D eigenvalue weighted by molar-refractivity contribution is -0.349. The smallest absolute Gasteiger partial charge is 0.393 e. The van der Waals surface area contributed by atoms with Crippen molar-refractivity contribution in [1.29, 1.82) is 0 Å². The van der Waals surface area contributed by atoms with Crippen molar-refractivity contribution in [1.82, 2.24) is 0 Å². The summed E-state index contributed by atoms with van der Waals surface area (Å²) < 4.78 is 101. The van der Waals surface area contributed by atoms with E-state index in [1.54, 1.807) is 0 Å². The number of esters is 1. The number of hydrogen-bond donors (Lipinski definition) is 0. The van der Waals surface area contributed by atoms with E-state index < -0.39 is 36.8 Å². The maximum Gasteiger partial charge on any atom is 0.469 e. The summed E-state index contributed by atoms with van der Waals surface area (Å²) in [4.78, 5) is 10.3. The molecule has 0 rings (SSSR count). The summed E-state index contributed by atoms with van der Waals surface area (Å²) >= 11 is 0. The predicted octanol–water partition coefficient (Wildman–Crippen LogP) is 4.51. The molecule has 2 nitrogen and oxygen atoms in total. The first kappa shape index (κ1) is 23.7. The van der Waals surface area contributed by atoms with E-state index >= 15 is 0 Å². The van der Waals surface area contributed by atoms with Crippen molar-refractivity contribution in [3.63, 3.8) is 0 Å². The fourth-order valence-corrected chi connectivity index (χ4v) is 0.750. The minimum Gasteiger partial charge on any atom is -0.393 e. The molecule has 1 unspecified atom stereocenters. The Hall–Kier alpha value is -1.35. The standard InChI is InChI=1S/C8H6F8O2.2CH4/c1-2-5(17)18-8(15,16)7(13,14)4(9)3-6(10,11)12;;/h2,4H,1,3H2;2*1H4. The number of alkyl halides is 8. The van der Waals surface area contributed by atoms with Crippen LogP contribution in [0.2, 0.25) is 0 Å². The van der Waals surface area contributed by atoms with Crippen molar-refractivity contribution in [2.45, 2.75) is 45.7 Å². The average molecular weight is 318 g/mol. The average Bonchev–Trinajstić information content (AvgIpc) is 2.13. The van der Waals surface area contributed by atoms with Crippen molar-refractivity contribution in [2.24, 2.45) is 0 Å². The molecule has 0 saturated carbocycles. The Balaban J connectivity index is -0.00000144. The van der Waals surface area contributed by atoms with Gasteiger partial charge in [0.1, 0.15) is 0 Å². The van der Waals surface area contributed by atoms with Crippen LogP contribution in [-0.4, -0.2) is 30.3 Å². The molecule has 0 aromatic carbocycles. The lowest BCUT2D eigenvalue weighted by atomic mass is 10.1. The molecule has 0 fully saturated rings. The summed E-state index contributed by atoms with van der Waals surface area (Å²) in [6.45, 7) is 2.60. The van der Waals surface area contributed by atoms with Crippen molar-refractivity contribution < 1.29 is 44.7 Å². The highest BCUT2D eigenvalue weighted by atomic mass is 19.4. The number of hydrogen-bond acceptors (Lipinski definition) is 2. The van der Waals surface area contributed by atoms with Crippen LogP contribution in [0.5, 0.6) is 0 Å². The quantitative estimate of drug-likeness (QED) is 0.424. The molecular weight excluding hydrogens is 304 g/mol. The van der Waals surface area contributed by atoms with E-state index in [4.69, 9.17) is 0 Å². The Labute approximate surface area is 110 Å². The third-order valence-corrected chi connectivity index (χ3v) is 1.59. The van der Waals surface area contributed by atoms with Crippen LogP contribution in [0, 0.1) is 0 Å². The van der Waals surface area contributed by atoms with Crippen molar-refractivity contribution in [2.75, 3.05) is 0 Å². The molecular formula is C10H14F8O2. The van der Waals surface area contributed by atoms with E-state index in [9.17, 15) is 39.9 Å². The van der Waals surface area contributed by atoms with E-state index in [1.807, 2.05) is 0 Å². The van der Waals surface area contributed by atoms with Crippen LogP contribution in [0.3, 0.4) is 0 Å². The van der Waals surface area contributed by atoms with Crippen LogP contribution in [0.25, 0.3) is 0 Å². The maximum atomic E-state index is 12.7. The van der Waals surface area contributed by atoms with Crippen LogP contribution in [-0.2, 0) is 9.53 Å². The van der Waals surface area contributed by atoms with Gasteiger partial charge in [-0.05, 0) is 0 Å². The van der Waals surface area contributed by atoms with Crippen molar-refractivity contribution >= 4 is 5.97 Å². The number of carbonyl (C=O) groups is 1. The van der Waals surface area contributed by atoms with Gasteiger partial charge in [0.25, 0.3) is 0 Å². The van der Waals surface area contributed by atoms with Gasteiger partial charge in [-0.15, -0.1) is 0 Å². The third kappa shape index (κ3) is 6.20. The Kier molecular flexibility index (Phi) is 8.82. The molecule has 0 aromatic rings. The Morgan fingerprint density at radius 2 is 1.50 bits per heavy atom. The molecule has 0 saturated heterocycles. The topological polar surface area (TPSA) is 26.3 Å². The molecule has 20 heavy (non-hydrogen) atoms. The number of rotatable bonds is 5. The normalized spacial score (nSPS) is 13.6. The monoisotopic (exact) mass is 318 g/mol.